The molecule has 0 aliphatic heterocycles. The number of nitrogens with zero attached hydrogens (tertiary/aromatic N) is 1. The minimum Gasteiger partial charge on any atom is -0.388 e. The van der Waals surface area contributed by atoms with Crippen molar-refractivity contribution in [2.45, 2.75) is 31.9 Å². The van der Waals surface area contributed by atoms with Crippen molar-refractivity contribution >= 4 is 17.5 Å². The van der Waals surface area contributed by atoms with Crippen LogP contribution >= 0.6 is 11.6 Å². The van der Waals surface area contributed by atoms with Gasteiger partial charge < -0.3 is 15.0 Å². The van der Waals surface area contributed by atoms with E-state index in [0.29, 0.717) is 23.7 Å². The Morgan fingerprint density at radius 2 is 1.92 bits per heavy atom. The maximum absolute atomic E-state index is 11.8. The molecule has 0 radical (unpaired) electrons. The maximum atomic E-state index is 11.8. The van der Waals surface area contributed by atoms with Gasteiger partial charge in [0, 0.05) is 30.4 Å². The number of nitrogens with one attached hydrogen (secondary N) is 1. The molecule has 1 amide bonds. The number of benzene rings is 1. The number of pyridine rings is 1. The van der Waals surface area contributed by atoms with Gasteiger partial charge in [-0.05, 0) is 36.6 Å². The highest BCUT2D eigenvalue weighted by Gasteiger charge is 2.12. The molecular weight excluding hydrogens is 328 g/mol. The number of aryl methyl sites for hydroxylation is 1. The third-order valence-electron chi connectivity index (χ3n) is 3.68. The first-order valence-corrected chi connectivity index (χ1v) is 8.30. The molecular formula is C18H21ClN2O3. The largest absolute Gasteiger partial charge is 0.388 e. The number of unbranched alkanes of at least 4 members (excludes halogenated alkanes) is 1. The SMILES string of the molecule is O=C(CC(O)c1ccc(Cl)cc1)NCCCCn1ccccc1=O. The lowest BCUT2D eigenvalue weighted by molar-refractivity contribution is -0.123. The van der Waals surface area contributed by atoms with Crippen LogP contribution < -0.4 is 10.9 Å². The normalized spacial score (nSPS) is 11.9. The second-order valence-corrected chi connectivity index (χ2v) is 6.00. The summed E-state index contributed by atoms with van der Waals surface area (Å²) < 4.78 is 1.64. The average Bonchev–Trinajstić information content (AvgIpc) is 2.56. The Morgan fingerprint density at radius 1 is 1.17 bits per heavy atom. The van der Waals surface area contributed by atoms with Crippen LogP contribution in [0.2, 0.25) is 5.02 Å². The number of carbonyl (C=O) groups is 1. The predicted octanol–water partition coefficient (Wildman–Crippen LogP) is 2.52. The van der Waals surface area contributed by atoms with Gasteiger partial charge in [-0.15, -0.1) is 0 Å². The van der Waals surface area contributed by atoms with Crippen LogP contribution in [0.1, 0.15) is 30.9 Å². The topological polar surface area (TPSA) is 71.3 Å². The molecule has 1 aromatic carbocycles. The second kappa shape index (κ2) is 9.25. The van der Waals surface area contributed by atoms with E-state index in [1.54, 1.807) is 41.1 Å². The quantitative estimate of drug-likeness (QED) is 0.720. The number of aliphatic hydroxyl groups excluding tert-OH is 1. The summed E-state index contributed by atoms with van der Waals surface area (Å²) in [5.74, 6) is -0.200. The van der Waals surface area contributed by atoms with Gasteiger partial charge in [0.2, 0.25) is 11.5 Å². The number of hydrogen-bond donors (Lipinski definition) is 2. The molecule has 6 heteroatoms. The molecule has 24 heavy (non-hydrogen) atoms. The Balaban J connectivity index is 1.65. The predicted molar refractivity (Wildman–Crippen MR) is 94.0 cm³/mol. The maximum Gasteiger partial charge on any atom is 0.250 e. The van der Waals surface area contributed by atoms with Crippen molar-refractivity contribution in [3.63, 3.8) is 0 Å². The third-order valence-corrected chi connectivity index (χ3v) is 3.93. The Kier molecular flexibility index (Phi) is 7.03. The van der Waals surface area contributed by atoms with Crippen molar-refractivity contribution in [2.75, 3.05) is 6.54 Å². The standard InChI is InChI=1S/C18H21ClN2O3/c19-15-8-6-14(7-9-15)16(22)13-17(23)20-10-2-4-12-21-11-3-1-5-18(21)24/h1,3,5-9,11,16,22H,2,4,10,12-13H2,(H,20,23). The Morgan fingerprint density at radius 3 is 2.62 bits per heavy atom. The summed E-state index contributed by atoms with van der Waals surface area (Å²) in [4.78, 5) is 23.4. The van der Waals surface area contributed by atoms with Crippen molar-refractivity contribution in [1.82, 2.24) is 9.88 Å². The minimum absolute atomic E-state index is 0.0137. The first kappa shape index (κ1) is 18.2. The van der Waals surface area contributed by atoms with Gasteiger partial charge in [0.15, 0.2) is 0 Å². The van der Waals surface area contributed by atoms with E-state index in [-0.39, 0.29) is 17.9 Å². The second-order valence-electron chi connectivity index (χ2n) is 5.56. The number of aliphatic hydroxyl groups is 1. The first-order chi connectivity index (χ1) is 11.6. The molecule has 2 aromatic rings. The molecule has 1 aromatic heterocycles. The van der Waals surface area contributed by atoms with E-state index in [1.165, 1.54) is 6.07 Å². The zero-order valence-electron chi connectivity index (χ0n) is 13.3. The highest BCUT2D eigenvalue weighted by Crippen LogP contribution is 2.18. The summed E-state index contributed by atoms with van der Waals surface area (Å²) in [7, 11) is 0. The molecule has 0 fully saturated rings. The number of aromatic nitrogens is 1. The number of amides is 1. The summed E-state index contributed by atoms with van der Waals surface area (Å²) in [5, 5.41) is 13.4. The molecule has 5 nitrogen and oxygen atoms in total. The lowest BCUT2D eigenvalue weighted by Crippen LogP contribution is -2.26. The van der Waals surface area contributed by atoms with Crippen molar-refractivity contribution in [2.24, 2.45) is 0 Å². The summed E-state index contributed by atoms with van der Waals surface area (Å²) in [5.41, 5.74) is 0.644. The van der Waals surface area contributed by atoms with Crippen LogP contribution in [0.15, 0.2) is 53.5 Å². The van der Waals surface area contributed by atoms with Crippen molar-refractivity contribution < 1.29 is 9.90 Å². The van der Waals surface area contributed by atoms with Crippen molar-refractivity contribution in [3.05, 3.63) is 69.6 Å². The van der Waals surface area contributed by atoms with Gasteiger partial charge in [0.05, 0.1) is 12.5 Å². The first-order valence-electron chi connectivity index (χ1n) is 7.92. The van der Waals surface area contributed by atoms with E-state index in [2.05, 4.69) is 5.32 Å². The van der Waals surface area contributed by atoms with Gasteiger partial charge in [-0.25, -0.2) is 0 Å². The molecule has 0 bridgehead atoms. The van der Waals surface area contributed by atoms with Crippen LogP contribution in [-0.4, -0.2) is 22.1 Å². The molecule has 1 heterocycles. The van der Waals surface area contributed by atoms with Gasteiger partial charge in [0.25, 0.3) is 0 Å². The molecule has 2 N–H and O–H groups in total. The van der Waals surface area contributed by atoms with E-state index in [0.717, 1.165) is 12.8 Å². The van der Waals surface area contributed by atoms with E-state index >= 15 is 0 Å². The van der Waals surface area contributed by atoms with Gasteiger partial charge in [-0.2, -0.15) is 0 Å². The summed E-state index contributed by atoms with van der Waals surface area (Å²) in [6.45, 7) is 1.15. The molecule has 128 valence electrons. The summed E-state index contributed by atoms with van der Waals surface area (Å²) >= 11 is 5.79. The lowest BCUT2D eigenvalue weighted by atomic mass is 10.1. The summed E-state index contributed by atoms with van der Waals surface area (Å²) in [6, 6.07) is 11.8. The fraction of sp³-hybridized carbons (Fsp3) is 0.333. The van der Waals surface area contributed by atoms with Crippen LogP contribution in [0, 0.1) is 0 Å². The smallest absolute Gasteiger partial charge is 0.250 e. The number of rotatable bonds is 8. The van der Waals surface area contributed by atoms with Gasteiger partial charge >= 0.3 is 0 Å². The van der Waals surface area contributed by atoms with Crippen LogP contribution in [0.3, 0.4) is 0 Å². The Hall–Kier alpha value is -2.11. The average molecular weight is 349 g/mol. The number of halogens is 1. The zero-order chi connectivity index (χ0) is 17.4. The molecule has 0 aliphatic rings. The van der Waals surface area contributed by atoms with Gasteiger partial charge in [-0.3, -0.25) is 9.59 Å². The minimum atomic E-state index is -0.842. The highest BCUT2D eigenvalue weighted by molar-refractivity contribution is 6.30. The van der Waals surface area contributed by atoms with Gasteiger partial charge in [0.1, 0.15) is 0 Å². The molecule has 0 spiro atoms. The summed E-state index contributed by atoms with van der Waals surface area (Å²) in [6.07, 6.45) is 2.49. The third kappa shape index (κ3) is 5.83. The van der Waals surface area contributed by atoms with Gasteiger partial charge in [-0.1, -0.05) is 29.8 Å². The highest BCUT2D eigenvalue weighted by atomic mass is 35.5. The van der Waals surface area contributed by atoms with E-state index in [4.69, 9.17) is 11.6 Å². The van der Waals surface area contributed by atoms with Crippen LogP contribution in [0.5, 0.6) is 0 Å². The van der Waals surface area contributed by atoms with Crippen LogP contribution in [-0.2, 0) is 11.3 Å². The van der Waals surface area contributed by atoms with E-state index < -0.39 is 6.10 Å². The monoisotopic (exact) mass is 348 g/mol. The van der Waals surface area contributed by atoms with E-state index in [9.17, 15) is 14.7 Å². The van der Waals surface area contributed by atoms with Crippen LogP contribution in [0.25, 0.3) is 0 Å². The Labute approximate surface area is 145 Å². The number of carbonyl (C=O) groups excluding carboxylic acids is 1. The van der Waals surface area contributed by atoms with Crippen molar-refractivity contribution in [1.29, 1.82) is 0 Å². The molecule has 0 saturated carbocycles. The van der Waals surface area contributed by atoms with E-state index in [1.807, 2.05) is 6.07 Å². The molecule has 0 saturated heterocycles. The Bertz CT molecular complexity index is 713. The lowest BCUT2D eigenvalue weighted by Gasteiger charge is -2.11. The molecule has 1 atom stereocenters. The molecule has 2 rings (SSSR count). The fourth-order valence-electron chi connectivity index (χ4n) is 2.33. The molecule has 0 aliphatic carbocycles. The zero-order valence-corrected chi connectivity index (χ0v) is 14.1. The fourth-order valence-corrected chi connectivity index (χ4v) is 2.46. The number of hydrogen-bond acceptors (Lipinski definition) is 3. The molecule has 1 unspecified atom stereocenters. The van der Waals surface area contributed by atoms with Crippen molar-refractivity contribution in [3.8, 4) is 0 Å². The van der Waals surface area contributed by atoms with Crippen LogP contribution in [0.4, 0.5) is 0 Å².